The highest BCUT2D eigenvalue weighted by Gasteiger charge is 2.06. The number of hydrogen-bond acceptors (Lipinski definition) is 2. The van der Waals surface area contributed by atoms with Crippen LogP contribution in [0.5, 0.6) is 0 Å². The summed E-state index contributed by atoms with van der Waals surface area (Å²) in [6, 6.07) is 9.63. The molecule has 0 fully saturated rings. The zero-order valence-corrected chi connectivity index (χ0v) is 10.9. The van der Waals surface area contributed by atoms with Crippen LogP contribution < -0.4 is 5.32 Å². The molecule has 0 aliphatic carbocycles. The van der Waals surface area contributed by atoms with Gasteiger partial charge in [-0.1, -0.05) is 23.2 Å². The quantitative estimate of drug-likeness (QED) is 0.876. The molecular weight excluding hydrogens is 257 g/mol. The minimum absolute atomic E-state index is 0.262. The molecule has 0 radical (unpaired) electrons. The molecule has 90 valence electrons. The van der Waals surface area contributed by atoms with Gasteiger partial charge in [-0.3, -0.25) is 0 Å². The van der Waals surface area contributed by atoms with Crippen molar-refractivity contribution in [2.75, 3.05) is 5.32 Å². The van der Waals surface area contributed by atoms with Crippen molar-refractivity contribution in [3.05, 3.63) is 52.4 Å². The molecule has 2 nitrogen and oxygen atoms in total. The second kappa shape index (κ2) is 5.48. The fourth-order valence-corrected chi connectivity index (χ4v) is 1.95. The molecule has 1 heterocycles. The van der Waals surface area contributed by atoms with Crippen molar-refractivity contribution in [3.63, 3.8) is 0 Å². The molecule has 0 saturated heterocycles. The summed E-state index contributed by atoms with van der Waals surface area (Å²) in [5.74, 6) is 0.963. The van der Waals surface area contributed by atoms with Crippen LogP contribution in [-0.2, 0) is 6.42 Å². The Kier molecular flexibility index (Phi) is 3.97. The van der Waals surface area contributed by atoms with Gasteiger partial charge in [0, 0.05) is 18.2 Å². The summed E-state index contributed by atoms with van der Waals surface area (Å²) in [4.78, 5) is 0. The summed E-state index contributed by atoms with van der Waals surface area (Å²) < 4.78 is 5.30. The Hall–Kier alpha value is -1.12. The SMILES string of the molecule is CC(Cc1ccco1)Nc1ccc(Cl)c(Cl)c1. The standard InChI is InChI=1S/C13H13Cl2NO/c1-9(7-11-3-2-6-17-11)16-10-4-5-12(14)13(15)8-10/h2-6,8-9,16H,7H2,1H3. The fourth-order valence-electron chi connectivity index (χ4n) is 1.65. The molecule has 1 aromatic carbocycles. The number of nitrogens with one attached hydrogen (secondary N) is 1. The normalized spacial score (nSPS) is 12.4. The lowest BCUT2D eigenvalue weighted by Gasteiger charge is -2.14. The maximum Gasteiger partial charge on any atom is 0.105 e. The van der Waals surface area contributed by atoms with Crippen LogP contribution in [0.25, 0.3) is 0 Å². The molecule has 0 saturated carbocycles. The first-order valence-electron chi connectivity index (χ1n) is 5.39. The van der Waals surface area contributed by atoms with Gasteiger partial charge in [-0.15, -0.1) is 0 Å². The Balaban J connectivity index is 1.98. The van der Waals surface area contributed by atoms with Crippen molar-refractivity contribution in [2.45, 2.75) is 19.4 Å². The van der Waals surface area contributed by atoms with Gasteiger partial charge < -0.3 is 9.73 Å². The Bertz CT molecular complexity index is 482. The molecule has 0 bridgehead atoms. The molecule has 2 rings (SSSR count). The van der Waals surface area contributed by atoms with E-state index in [9.17, 15) is 0 Å². The van der Waals surface area contributed by atoms with E-state index in [0.29, 0.717) is 10.0 Å². The van der Waals surface area contributed by atoms with Gasteiger partial charge in [0.15, 0.2) is 0 Å². The Morgan fingerprint density at radius 3 is 2.71 bits per heavy atom. The molecule has 0 amide bonds. The molecule has 17 heavy (non-hydrogen) atoms. The second-order valence-corrected chi connectivity index (χ2v) is 4.77. The van der Waals surface area contributed by atoms with Crippen LogP contribution >= 0.6 is 23.2 Å². The van der Waals surface area contributed by atoms with E-state index < -0.39 is 0 Å². The molecule has 0 aliphatic heterocycles. The van der Waals surface area contributed by atoms with Gasteiger partial charge in [0.2, 0.25) is 0 Å². The number of rotatable bonds is 4. The van der Waals surface area contributed by atoms with Crippen molar-refractivity contribution in [2.24, 2.45) is 0 Å². The first-order chi connectivity index (χ1) is 8.15. The lowest BCUT2D eigenvalue weighted by Crippen LogP contribution is -2.17. The van der Waals surface area contributed by atoms with E-state index in [1.165, 1.54) is 0 Å². The first kappa shape index (κ1) is 12.3. The highest BCUT2D eigenvalue weighted by Crippen LogP contribution is 2.25. The summed E-state index contributed by atoms with van der Waals surface area (Å²) >= 11 is 11.8. The van der Waals surface area contributed by atoms with Crippen LogP contribution in [0, 0.1) is 0 Å². The highest BCUT2D eigenvalue weighted by atomic mass is 35.5. The summed E-state index contributed by atoms with van der Waals surface area (Å²) in [5, 5.41) is 4.47. The number of furan rings is 1. The summed E-state index contributed by atoms with van der Waals surface area (Å²) in [6.45, 7) is 2.09. The zero-order valence-electron chi connectivity index (χ0n) is 9.41. The van der Waals surface area contributed by atoms with E-state index in [2.05, 4.69) is 12.2 Å². The molecule has 1 aromatic heterocycles. The van der Waals surface area contributed by atoms with Gasteiger partial charge in [-0.05, 0) is 37.3 Å². The molecule has 0 aliphatic rings. The van der Waals surface area contributed by atoms with Gasteiger partial charge in [0.05, 0.1) is 16.3 Å². The van der Waals surface area contributed by atoms with Crippen LogP contribution in [0.1, 0.15) is 12.7 Å². The largest absolute Gasteiger partial charge is 0.469 e. The number of halogens is 2. The predicted molar refractivity (Wildman–Crippen MR) is 72.0 cm³/mol. The van der Waals surface area contributed by atoms with E-state index >= 15 is 0 Å². The van der Waals surface area contributed by atoms with Gasteiger partial charge in [0.1, 0.15) is 5.76 Å². The minimum atomic E-state index is 0.262. The minimum Gasteiger partial charge on any atom is -0.469 e. The number of anilines is 1. The molecular formula is C13H13Cl2NO. The Morgan fingerprint density at radius 1 is 1.24 bits per heavy atom. The van der Waals surface area contributed by atoms with Crippen molar-refractivity contribution >= 4 is 28.9 Å². The topological polar surface area (TPSA) is 25.2 Å². The third kappa shape index (κ3) is 3.42. The Labute approximate surface area is 111 Å². The first-order valence-corrected chi connectivity index (χ1v) is 6.14. The van der Waals surface area contributed by atoms with E-state index in [1.807, 2.05) is 24.3 Å². The van der Waals surface area contributed by atoms with Crippen LogP contribution in [0.15, 0.2) is 41.0 Å². The van der Waals surface area contributed by atoms with Crippen LogP contribution in [0.2, 0.25) is 10.0 Å². The van der Waals surface area contributed by atoms with Crippen LogP contribution in [0.3, 0.4) is 0 Å². The van der Waals surface area contributed by atoms with Crippen molar-refractivity contribution in [1.82, 2.24) is 0 Å². The zero-order chi connectivity index (χ0) is 12.3. The third-order valence-corrected chi connectivity index (χ3v) is 3.16. The number of benzene rings is 1. The summed E-state index contributed by atoms with van der Waals surface area (Å²) in [6.07, 6.45) is 2.51. The number of hydrogen-bond donors (Lipinski definition) is 1. The summed E-state index contributed by atoms with van der Waals surface area (Å²) in [7, 11) is 0. The molecule has 4 heteroatoms. The summed E-state index contributed by atoms with van der Waals surface area (Å²) in [5.41, 5.74) is 0.957. The average molecular weight is 270 g/mol. The van der Waals surface area contributed by atoms with Gasteiger partial charge in [-0.25, -0.2) is 0 Å². The fraction of sp³-hybridized carbons (Fsp3) is 0.231. The predicted octanol–water partition coefficient (Wildman–Crippen LogP) is 4.63. The second-order valence-electron chi connectivity index (χ2n) is 3.96. The van der Waals surface area contributed by atoms with E-state index in [1.54, 1.807) is 12.3 Å². The molecule has 1 unspecified atom stereocenters. The Morgan fingerprint density at radius 2 is 2.06 bits per heavy atom. The average Bonchev–Trinajstić information content (AvgIpc) is 2.76. The van der Waals surface area contributed by atoms with Gasteiger partial charge in [-0.2, -0.15) is 0 Å². The molecule has 1 N–H and O–H groups in total. The highest BCUT2D eigenvalue weighted by molar-refractivity contribution is 6.42. The molecule has 0 spiro atoms. The van der Waals surface area contributed by atoms with E-state index in [-0.39, 0.29) is 6.04 Å². The lowest BCUT2D eigenvalue weighted by molar-refractivity contribution is 0.498. The van der Waals surface area contributed by atoms with Crippen molar-refractivity contribution < 1.29 is 4.42 Å². The van der Waals surface area contributed by atoms with Crippen LogP contribution in [-0.4, -0.2) is 6.04 Å². The maximum absolute atomic E-state index is 5.95. The molecule has 2 aromatic rings. The maximum atomic E-state index is 5.95. The van der Waals surface area contributed by atoms with Crippen molar-refractivity contribution in [1.29, 1.82) is 0 Å². The van der Waals surface area contributed by atoms with Gasteiger partial charge in [0.25, 0.3) is 0 Å². The van der Waals surface area contributed by atoms with Crippen molar-refractivity contribution in [3.8, 4) is 0 Å². The smallest absolute Gasteiger partial charge is 0.105 e. The van der Waals surface area contributed by atoms with Gasteiger partial charge >= 0.3 is 0 Å². The third-order valence-electron chi connectivity index (χ3n) is 2.42. The molecule has 1 atom stereocenters. The van der Waals surface area contributed by atoms with Crippen LogP contribution in [0.4, 0.5) is 5.69 Å². The van der Waals surface area contributed by atoms with E-state index in [4.69, 9.17) is 27.6 Å². The van der Waals surface area contributed by atoms with E-state index in [0.717, 1.165) is 17.9 Å². The monoisotopic (exact) mass is 269 g/mol. The lowest BCUT2D eigenvalue weighted by atomic mass is 10.2.